The lowest BCUT2D eigenvalue weighted by molar-refractivity contribution is -0.139. The Balaban J connectivity index is 1.35. The summed E-state index contributed by atoms with van der Waals surface area (Å²) < 4.78 is 5.59. The van der Waals surface area contributed by atoms with Crippen LogP contribution in [0.3, 0.4) is 0 Å². The van der Waals surface area contributed by atoms with E-state index in [1.807, 2.05) is 38.1 Å². The molecule has 2 aliphatic rings. The van der Waals surface area contributed by atoms with Gasteiger partial charge in [0, 0.05) is 12.5 Å². The highest BCUT2D eigenvalue weighted by molar-refractivity contribution is 5.82. The average molecular weight is 479 g/mol. The zero-order chi connectivity index (χ0) is 25.2. The molecule has 2 aromatic carbocycles. The Labute approximate surface area is 206 Å². The van der Waals surface area contributed by atoms with Gasteiger partial charge in [0.25, 0.3) is 0 Å². The maximum atomic E-state index is 13.1. The van der Waals surface area contributed by atoms with E-state index >= 15 is 0 Å². The Morgan fingerprint density at radius 2 is 1.60 bits per heavy atom. The van der Waals surface area contributed by atoms with E-state index in [0.29, 0.717) is 0 Å². The molecule has 7 heteroatoms. The highest BCUT2D eigenvalue weighted by atomic mass is 16.5. The van der Waals surface area contributed by atoms with Crippen LogP contribution in [-0.4, -0.2) is 41.8 Å². The van der Waals surface area contributed by atoms with Crippen molar-refractivity contribution in [3.63, 3.8) is 0 Å². The molecular weight excluding hydrogens is 444 g/mol. The van der Waals surface area contributed by atoms with Gasteiger partial charge in [-0.15, -0.1) is 0 Å². The number of nitrogens with one attached hydrogen (secondary N) is 2. The molecule has 1 fully saturated rings. The number of alkyl carbamates (subject to hydrolysis) is 1. The number of hydrogen-bond acceptors (Lipinski definition) is 4. The van der Waals surface area contributed by atoms with E-state index in [2.05, 4.69) is 34.9 Å². The summed E-state index contributed by atoms with van der Waals surface area (Å²) in [7, 11) is 0. The van der Waals surface area contributed by atoms with E-state index in [4.69, 9.17) is 4.74 Å². The summed E-state index contributed by atoms with van der Waals surface area (Å²) in [5.41, 5.74) is 3.82. The van der Waals surface area contributed by atoms with Gasteiger partial charge in [0.2, 0.25) is 5.91 Å². The van der Waals surface area contributed by atoms with Gasteiger partial charge in [-0.05, 0) is 53.9 Å². The second kappa shape index (κ2) is 10.1. The Bertz CT molecular complexity index is 1060. The lowest BCUT2D eigenvalue weighted by Crippen LogP contribution is -2.53. The molecule has 0 bridgehead atoms. The van der Waals surface area contributed by atoms with E-state index < -0.39 is 23.5 Å². The highest BCUT2D eigenvalue weighted by Crippen LogP contribution is 2.44. The molecule has 2 unspecified atom stereocenters. The minimum atomic E-state index is -0.933. The van der Waals surface area contributed by atoms with E-state index in [9.17, 15) is 19.5 Å². The van der Waals surface area contributed by atoms with Crippen LogP contribution in [0.2, 0.25) is 0 Å². The normalized spacial score (nSPS) is 17.1. The van der Waals surface area contributed by atoms with Gasteiger partial charge in [0.15, 0.2) is 0 Å². The summed E-state index contributed by atoms with van der Waals surface area (Å²) in [6.45, 7) is 5.95. The average Bonchev–Trinajstić information content (AvgIpc) is 3.61. The van der Waals surface area contributed by atoms with Crippen molar-refractivity contribution in [2.75, 3.05) is 13.2 Å². The summed E-state index contributed by atoms with van der Waals surface area (Å²) in [6.07, 6.45) is 1.14. The van der Waals surface area contributed by atoms with Crippen molar-refractivity contribution in [2.45, 2.75) is 51.5 Å². The maximum Gasteiger partial charge on any atom is 0.407 e. The molecule has 2 amide bonds. The van der Waals surface area contributed by atoms with Crippen LogP contribution in [0.4, 0.5) is 4.79 Å². The fourth-order valence-electron chi connectivity index (χ4n) is 5.17. The van der Waals surface area contributed by atoms with Gasteiger partial charge < -0.3 is 20.5 Å². The molecule has 3 N–H and O–H groups in total. The first-order chi connectivity index (χ1) is 16.7. The zero-order valence-corrected chi connectivity index (χ0v) is 20.5. The summed E-state index contributed by atoms with van der Waals surface area (Å²) >= 11 is 0. The predicted molar refractivity (Wildman–Crippen MR) is 133 cm³/mol. The summed E-state index contributed by atoms with van der Waals surface area (Å²) in [5, 5.41) is 15.0. The molecule has 0 aliphatic heterocycles. The molecule has 0 radical (unpaired) electrons. The largest absolute Gasteiger partial charge is 0.481 e. The first-order valence-corrected chi connectivity index (χ1v) is 12.3. The molecule has 2 aliphatic carbocycles. The first-order valence-electron chi connectivity index (χ1n) is 12.3. The van der Waals surface area contributed by atoms with Gasteiger partial charge in [0.05, 0.1) is 17.9 Å². The van der Waals surface area contributed by atoms with Crippen LogP contribution < -0.4 is 10.6 Å². The minimum Gasteiger partial charge on any atom is -0.481 e. The SMILES string of the molecule is CC(C)C(CNC(=O)OCC1c2ccccc2-c2ccccc21)C(=O)NC(C)(CC(=O)O)C1CC1. The number of amides is 2. The van der Waals surface area contributed by atoms with Crippen LogP contribution in [0.5, 0.6) is 0 Å². The third-order valence-electron chi connectivity index (χ3n) is 7.36. The molecule has 2 aromatic rings. The van der Waals surface area contributed by atoms with Gasteiger partial charge in [0.1, 0.15) is 6.61 Å². The van der Waals surface area contributed by atoms with Gasteiger partial charge in [-0.1, -0.05) is 62.4 Å². The maximum absolute atomic E-state index is 13.1. The van der Waals surface area contributed by atoms with Crippen LogP contribution in [0.1, 0.15) is 57.1 Å². The van der Waals surface area contributed by atoms with Crippen LogP contribution in [-0.2, 0) is 14.3 Å². The van der Waals surface area contributed by atoms with Gasteiger partial charge in [-0.25, -0.2) is 4.79 Å². The van der Waals surface area contributed by atoms with E-state index in [0.717, 1.165) is 35.1 Å². The third-order valence-corrected chi connectivity index (χ3v) is 7.36. The fourth-order valence-corrected chi connectivity index (χ4v) is 5.17. The molecule has 1 saturated carbocycles. The predicted octanol–water partition coefficient (Wildman–Crippen LogP) is 4.56. The number of fused-ring (bicyclic) bond motifs is 3. The van der Waals surface area contributed by atoms with Crippen molar-refractivity contribution < 1.29 is 24.2 Å². The Morgan fingerprint density at radius 3 is 2.11 bits per heavy atom. The molecule has 35 heavy (non-hydrogen) atoms. The number of hydrogen-bond donors (Lipinski definition) is 3. The van der Waals surface area contributed by atoms with Gasteiger partial charge in [-0.3, -0.25) is 9.59 Å². The number of ether oxygens (including phenoxy) is 1. The number of carbonyl (C=O) groups excluding carboxylic acids is 2. The number of carboxylic acids is 1. The molecule has 4 rings (SSSR count). The van der Waals surface area contributed by atoms with Crippen molar-refractivity contribution in [3.8, 4) is 11.1 Å². The lowest BCUT2D eigenvalue weighted by Gasteiger charge is -2.32. The molecule has 0 aromatic heterocycles. The second-order valence-corrected chi connectivity index (χ2v) is 10.3. The third kappa shape index (κ3) is 5.50. The molecule has 0 spiro atoms. The second-order valence-electron chi connectivity index (χ2n) is 10.3. The summed E-state index contributed by atoms with van der Waals surface area (Å²) in [5.74, 6) is -1.58. The van der Waals surface area contributed by atoms with Crippen LogP contribution in [0.25, 0.3) is 11.1 Å². The van der Waals surface area contributed by atoms with E-state index in [1.54, 1.807) is 6.92 Å². The van der Waals surface area contributed by atoms with Crippen LogP contribution in [0.15, 0.2) is 48.5 Å². The summed E-state index contributed by atoms with van der Waals surface area (Å²) in [6, 6.07) is 16.3. The van der Waals surface area contributed by atoms with Crippen LogP contribution >= 0.6 is 0 Å². The monoisotopic (exact) mass is 478 g/mol. The number of rotatable bonds is 10. The molecule has 0 saturated heterocycles. The Kier molecular flexibility index (Phi) is 7.15. The zero-order valence-electron chi connectivity index (χ0n) is 20.5. The van der Waals surface area contributed by atoms with E-state index in [-0.39, 0.29) is 43.2 Å². The first kappa shape index (κ1) is 24.8. The van der Waals surface area contributed by atoms with Crippen molar-refractivity contribution in [1.29, 1.82) is 0 Å². The summed E-state index contributed by atoms with van der Waals surface area (Å²) in [4.78, 5) is 37.0. The lowest BCUT2D eigenvalue weighted by atomic mass is 9.88. The standard InChI is InChI=1S/C28H34N2O5/c1-17(2)23(26(33)30-28(3,14-25(31)32)18-12-13-18)15-29-27(34)35-16-24-21-10-6-4-8-19(21)20-9-5-7-11-22(20)24/h4-11,17-18,23-24H,12-16H2,1-3H3,(H,29,34)(H,30,33)(H,31,32). The van der Waals surface area contributed by atoms with Crippen molar-refractivity contribution in [2.24, 2.45) is 17.8 Å². The van der Waals surface area contributed by atoms with Gasteiger partial charge >= 0.3 is 12.1 Å². The number of benzene rings is 2. The fraction of sp³-hybridized carbons (Fsp3) is 0.464. The molecule has 7 nitrogen and oxygen atoms in total. The van der Waals surface area contributed by atoms with Crippen molar-refractivity contribution in [1.82, 2.24) is 10.6 Å². The van der Waals surface area contributed by atoms with Crippen molar-refractivity contribution in [3.05, 3.63) is 59.7 Å². The minimum absolute atomic E-state index is 0.0346. The number of aliphatic carboxylic acids is 1. The molecule has 2 atom stereocenters. The number of carboxylic acid groups (broad SMARTS) is 1. The highest BCUT2D eigenvalue weighted by Gasteiger charge is 2.45. The quantitative estimate of drug-likeness (QED) is 0.464. The molecule has 0 heterocycles. The Morgan fingerprint density at radius 1 is 1.03 bits per heavy atom. The van der Waals surface area contributed by atoms with Crippen LogP contribution in [0, 0.1) is 17.8 Å². The molecule has 186 valence electrons. The molecular formula is C28H34N2O5. The van der Waals surface area contributed by atoms with Crippen molar-refractivity contribution >= 4 is 18.0 Å². The smallest absolute Gasteiger partial charge is 0.407 e. The Hall–Kier alpha value is -3.35. The van der Waals surface area contributed by atoms with E-state index in [1.165, 1.54) is 0 Å². The topological polar surface area (TPSA) is 105 Å². The van der Waals surface area contributed by atoms with Gasteiger partial charge in [-0.2, -0.15) is 0 Å². The number of carbonyl (C=O) groups is 3.